The molecular weight excluding hydrogens is 258 g/mol. The molecule has 0 bridgehead atoms. The second-order valence-electron chi connectivity index (χ2n) is 4.65. The number of aromatic hydroxyl groups is 2. The molecule has 2 N–H and O–H groups in total. The predicted octanol–water partition coefficient (Wildman–Crippen LogP) is 2.21. The number of nitrogens with zero attached hydrogens (tertiary/aromatic N) is 1. The van der Waals surface area contributed by atoms with Crippen molar-refractivity contribution in [2.45, 2.75) is 6.92 Å². The van der Waals surface area contributed by atoms with Gasteiger partial charge in [-0.15, -0.1) is 0 Å². The molecule has 0 unspecified atom stereocenters. The Labute approximate surface area is 114 Å². The molecule has 0 radical (unpaired) electrons. The summed E-state index contributed by atoms with van der Waals surface area (Å²) in [6.07, 6.45) is 0. The first-order valence-electron chi connectivity index (χ1n) is 6.00. The van der Waals surface area contributed by atoms with Gasteiger partial charge in [-0.2, -0.15) is 0 Å². The largest absolute Gasteiger partial charge is 0.508 e. The van der Waals surface area contributed by atoms with Crippen molar-refractivity contribution in [1.29, 1.82) is 0 Å². The van der Waals surface area contributed by atoms with Crippen LogP contribution in [0.1, 0.15) is 26.3 Å². The van der Waals surface area contributed by atoms with E-state index in [1.165, 1.54) is 24.3 Å². The molecular formula is C15H11NO4. The lowest BCUT2D eigenvalue weighted by atomic mass is 10.1. The van der Waals surface area contributed by atoms with Gasteiger partial charge in [0.1, 0.15) is 11.5 Å². The van der Waals surface area contributed by atoms with Gasteiger partial charge in [-0.3, -0.25) is 9.59 Å². The number of hydrogen-bond donors (Lipinski definition) is 2. The topological polar surface area (TPSA) is 77.8 Å². The van der Waals surface area contributed by atoms with Crippen molar-refractivity contribution in [1.82, 2.24) is 0 Å². The van der Waals surface area contributed by atoms with Crippen LogP contribution in [0.3, 0.4) is 0 Å². The van der Waals surface area contributed by atoms with E-state index >= 15 is 0 Å². The van der Waals surface area contributed by atoms with Crippen molar-refractivity contribution >= 4 is 17.5 Å². The van der Waals surface area contributed by atoms with E-state index in [0.717, 1.165) is 4.90 Å². The first-order chi connectivity index (χ1) is 9.49. The van der Waals surface area contributed by atoms with E-state index in [1.807, 2.05) is 0 Å². The fourth-order valence-corrected chi connectivity index (χ4v) is 2.20. The third-order valence-corrected chi connectivity index (χ3v) is 3.32. The number of fused-ring (bicyclic) bond motifs is 1. The molecule has 100 valence electrons. The van der Waals surface area contributed by atoms with Crippen LogP contribution in [0.15, 0.2) is 36.4 Å². The Balaban J connectivity index is 2.11. The smallest absolute Gasteiger partial charge is 0.266 e. The van der Waals surface area contributed by atoms with Crippen LogP contribution in [0.4, 0.5) is 5.69 Å². The Morgan fingerprint density at radius 1 is 0.900 bits per heavy atom. The Kier molecular flexibility index (Phi) is 2.50. The highest BCUT2D eigenvalue weighted by atomic mass is 16.3. The van der Waals surface area contributed by atoms with Gasteiger partial charge in [0.15, 0.2) is 0 Å². The molecule has 0 atom stereocenters. The van der Waals surface area contributed by atoms with Crippen molar-refractivity contribution in [3.63, 3.8) is 0 Å². The number of carbonyl (C=O) groups is 2. The highest BCUT2D eigenvalue weighted by Gasteiger charge is 2.37. The van der Waals surface area contributed by atoms with Gasteiger partial charge in [-0.1, -0.05) is 6.07 Å². The fourth-order valence-electron chi connectivity index (χ4n) is 2.20. The van der Waals surface area contributed by atoms with E-state index in [4.69, 9.17) is 0 Å². The van der Waals surface area contributed by atoms with Crippen molar-refractivity contribution in [2.75, 3.05) is 4.90 Å². The molecule has 2 aromatic carbocycles. The molecule has 1 aliphatic rings. The summed E-state index contributed by atoms with van der Waals surface area (Å²) in [6, 6.07) is 8.64. The molecule has 1 aliphatic heterocycles. The zero-order valence-corrected chi connectivity index (χ0v) is 10.6. The number of rotatable bonds is 1. The van der Waals surface area contributed by atoms with Gasteiger partial charge in [-0.05, 0) is 36.8 Å². The van der Waals surface area contributed by atoms with Crippen LogP contribution < -0.4 is 4.90 Å². The summed E-state index contributed by atoms with van der Waals surface area (Å²) in [6.45, 7) is 1.72. The first kappa shape index (κ1) is 12.2. The van der Waals surface area contributed by atoms with Crippen LogP contribution in [-0.2, 0) is 0 Å². The van der Waals surface area contributed by atoms with Gasteiger partial charge in [0.25, 0.3) is 11.8 Å². The third-order valence-electron chi connectivity index (χ3n) is 3.32. The zero-order valence-electron chi connectivity index (χ0n) is 10.6. The normalized spacial score (nSPS) is 13.8. The Bertz CT molecular complexity index is 752. The second kappa shape index (κ2) is 4.09. The van der Waals surface area contributed by atoms with Gasteiger partial charge < -0.3 is 10.2 Å². The number of phenols is 2. The van der Waals surface area contributed by atoms with E-state index in [2.05, 4.69) is 0 Å². The van der Waals surface area contributed by atoms with E-state index in [-0.39, 0.29) is 22.6 Å². The van der Waals surface area contributed by atoms with Crippen LogP contribution in [0.2, 0.25) is 0 Å². The molecule has 20 heavy (non-hydrogen) atoms. The van der Waals surface area contributed by atoms with Crippen molar-refractivity contribution in [2.24, 2.45) is 0 Å². The lowest BCUT2D eigenvalue weighted by Gasteiger charge is -2.14. The molecule has 0 aliphatic carbocycles. The number of anilines is 1. The number of hydrogen-bond acceptors (Lipinski definition) is 4. The van der Waals surface area contributed by atoms with Crippen LogP contribution in [0, 0.1) is 6.92 Å². The van der Waals surface area contributed by atoms with Gasteiger partial charge in [-0.25, -0.2) is 4.90 Å². The minimum Gasteiger partial charge on any atom is -0.508 e. The van der Waals surface area contributed by atoms with Crippen LogP contribution in [-0.4, -0.2) is 22.0 Å². The van der Waals surface area contributed by atoms with Gasteiger partial charge in [0, 0.05) is 6.07 Å². The van der Waals surface area contributed by atoms with Gasteiger partial charge in [0.05, 0.1) is 16.8 Å². The monoisotopic (exact) mass is 269 g/mol. The lowest BCUT2D eigenvalue weighted by Crippen LogP contribution is -2.29. The van der Waals surface area contributed by atoms with E-state index in [9.17, 15) is 19.8 Å². The quantitative estimate of drug-likeness (QED) is 0.778. The average Bonchev–Trinajstić information content (AvgIpc) is 2.65. The molecule has 1 heterocycles. The van der Waals surface area contributed by atoms with E-state index in [1.54, 1.807) is 19.1 Å². The fraction of sp³-hybridized carbons (Fsp3) is 0.0667. The highest BCUT2D eigenvalue weighted by molar-refractivity contribution is 6.34. The van der Waals surface area contributed by atoms with Crippen molar-refractivity contribution in [3.8, 4) is 11.5 Å². The summed E-state index contributed by atoms with van der Waals surface area (Å²) in [5.74, 6) is -1.03. The summed E-state index contributed by atoms with van der Waals surface area (Å²) in [7, 11) is 0. The van der Waals surface area contributed by atoms with Crippen molar-refractivity contribution in [3.05, 3.63) is 53.1 Å². The minimum atomic E-state index is -0.510. The summed E-state index contributed by atoms with van der Waals surface area (Å²) in [5, 5.41) is 19.1. The van der Waals surface area contributed by atoms with Crippen LogP contribution >= 0.6 is 0 Å². The maximum absolute atomic E-state index is 12.3. The average molecular weight is 269 g/mol. The summed E-state index contributed by atoms with van der Waals surface area (Å²) in [5.41, 5.74) is 1.37. The first-order valence-corrected chi connectivity index (χ1v) is 6.00. The zero-order chi connectivity index (χ0) is 14.4. The Morgan fingerprint density at radius 2 is 1.60 bits per heavy atom. The van der Waals surface area contributed by atoms with E-state index < -0.39 is 11.8 Å². The molecule has 0 aromatic heterocycles. The number of aryl methyl sites for hydroxylation is 1. The van der Waals surface area contributed by atoms with Crippen LogP contribution in [0.25, 0.3) is 0 Å². The molecule has 5 nitrogen and oxygen atoms in total. The third kappa shape index (κ3) is 1.64. The lowest BCUT2D eigenvalue weighted by molar-refractivity contribution is 0.0926. The molecule has 0 saturated heterocycles. The van der Waals surface area contributed by atoms with Crippen LogP contribution in [0.5, 0.6) is 11.5 Å². The Morgan fingerprint density at radius 3 is 2.30 bits per heavy atom. The molecule has 2 amide bonds. The number of benzene rings is 2. The van der Waals surface area contributed by atoms with Crippen molar-refractivity contribution < 1.29 is 19.8 Å². The molecule has 0 spiro atoms. The molecule has 3 rings (SSSR count). The summed E-state index contributed by atoms with van der Waals surface area (Å²) >= 11 is 0. The second-order valence-corrected chi connectivity index (χ2v) is 4.65. The predicted molar refractivity (Wildman–Crippen MR) is 72.1 cm³/mol. The van der Waals surface area contributed by atoms with E-state index in [0.29, 0.717) is 11.3 Å². The standard InChI is InChI=1S/C15H11NO4/c1-8-2-3-9(6-13(8)18)16-14(19)11-5-4-10(17)7-12(11)15(16)20/h2-7,17-18H,1H3. The highest BCUT2D eigenvalue weighted by Crippen LogP contribution is 2.32. The number of carbonyl (C=O) groups excluding carboxylic acids is 2. The SMILES string of the molecule is Cc1ccc(N2C(=O)c3ccc(O)cc3C2=O)cc1O. The minimum absolute atomic E-state index is 0.0157. The summed E-state index contributed by atoms with van der Waals surface area (Å²) in [4.78, 5) is 25.5. The molecule has 0 saturated carbocycles. The maximum Gasteiger partial charge on any atom is 0.266 e. The number of amides is 2. The Hall–Kier alpha value is -2.82. The molecule has 0 fully saturated rings. The number of imide groups is 1. The molecule has 5 heteroatoms. The van der Waals surface area contributed by atoms with Gasteiger partial charge >= 0.3 is 0 Å². The number of phenolic OH excluding ortho intramolecular Hbond substituents is 2. The molecule has 2 aromatic rings. The van der Waals surface area contributed by atoms with Gasteiger partial charge in [0.2, 0.25) is 0 Å². The maximum atomic E-state index is 12.3. The summed E-state index contributed by atoms with van der Waals surface area (Å²) < 4.78 is 0.